The summed E-state index contributed by atoms with van der Waals surface area (Å²) < 4.78 is 2.04. The van der Waals surface area contributed by atoms with Crippen LogP contribution in [0.2, 0.25) is 0 Å². The number of benzene rings is 1. The Labute approximate surface area is 99.7 Å². The number of aromatic nitrogens is 2. The van der Waals surface area contributed by atoms with Crippen molar-refractivity contribution in [2.75, 3.05) is 5.73 Å². The number of nitrogens with zero attached hydrogens (tertiary/aromatic N) is 2. The van der Waals surface area contributed by atoms with Crippen LogP contribution in [-0.4, -0.2) is 9.55 Å². The average molecular weight is 233 g/mol. The van der Waals surface area contributed by atoms with Gasteiger partial charge in [0.2, 0.25) is 0 Å². The molecule has 0 unspecified atom stereocenters. The minimum atomic E-state index is 0.822. The predicted octanol–water partition coefficient (Wildman–Crippen LogP) is 2.60. The predicted molar refractivity (Wildman–Crippen MR) is 68.4 cm³/mol. The molecular weight excluding hydrogens is 218 g/mol. The van der Waals surface area contributed by atoms with E-state index < -0.39 is 0 Å². The molecule has 84 valence electrons. The maximum Gasteiger partial charge on any atom is 0.0945 e. The highest BCUT2D eigenvalue weighted by molar-refractivity contribution is 7.98. The van der Waals surface area contributed by atoms with Gasteiger partial charge in [0, 0.05) is 35.3 Å². The zero-order valence-electron chi connectivity index (χ0n) is 9.47. The second-order valence-electron chi connectivity index (χ2n) is 3.81. The average Bonchev–Trinajstić information content (AvgIpc) is 2.63. The fourth-order valence-corrected chi connectivity index (χ4v) is 2.54. The third-order valence-corrected chi connectivity index (χ3v) is 3.70. The Morgan fingerprint density at radius 1 is 1.44 bits per heavy atom. The van der Waals surface area contributed by atoms with Crippen molar-refractivity contribution in [1.82, 2.24) is 9.55 Å². The van der Waals surface area contributed by atoms with Crippen LogP contribution in [0.5, 0.6) is 0 Å². The summed E-state index contributed by atoms with van der Waals surface area (Å²) in [6.45, 7) is 2.09. The normalized spacial score (nSPS) is 10.6. The van der Waals surface area contributed by atoms with Gasteiger partial charge in [-0.2, -0.15) is 0 Å². The molecule has 0 fully saturated rings. The second-order valence-corrected chi connectivity index (χ2v) is 4.83. The van der Waals surface area contributed by atoms with Gasteiger partial charge in [0.25, 0.3) is 0 Å². The molecule has 1 aromatic heterocycles. The third kappa shape index (κ3) is 2.39. The fraction of sp³-hybridized carbons (Fsp3) is 0.250. The molecule has 2 aromatic rings. The Kier molecular flexibility index (Phi) is 3.19. The summed E-state index contributed by atoms with van der Waals surface area (Å²) in [5.74, 6) is 0.932. The lowest BCUT2D eigenvalue weighted by molar-refractivity contribution is 0.867. The SMILES string of the molecule is Cc1cc(N)ccc1SCc1cncn1C. The lowest BCUT2D eigenvalue weighted by atomic mass is 10.2. The number of aryl methyl sites for hydroxylation is 2. The fourth-order valence-electron chi connectivity index (χ4n) is 1.51. The van der Waals surface area contributed by atoms with E-state index in [1.165, 1.54) is 16.2 Å². The number of nitrogens with two attached hydrogens (primary N) is 1. The minimum absolute atomic E-state index is 0.822. The van der Waals surface area contributed by atoms with Gasteiger partial charge in [-0.15, -0.1) is 11.8 Å². The van der Waals surface area contributed by atoms with Crippen LogP contribution in [0.1, 0.15) is 11.3 Å². The molecule has 0 saturated heterocycles. The molecule has 1 aromatic carbocycles. The van der Waals surface area contributed by atoms with E-state index in [2.05, 4.69) is 18.0 Å². The first-order valence-corrected chi connectivity index (χ1v) is 6.09. The minimum Gasteiger partial charge on any atom is -0.399 e. The summed E-state index contributed by atoms with van der Waals surface area (Å²) in [6.07, 6.45) is 3.73. The molecule has 0 spiro atoms. The van der Waals surface area contributed by atoms with E-state index in [1.54, 1.807) is 0 Å². The molecule has 0 aliphatic carbocycles. The van der Waals surface area contributed by atoms with Gasteiger partial charge in [-0.25, -0.2) is 4.98 Å². The number of thioether (sulfide) groups is 1. The van der Waals surface area contributed by atoms with Gasteiger partial charge in [0.05, 0.1) is 6.33 Å². The first kappa shape index (κ1) is 11.1. The van der Waals surface area contributed by atoms with E-state index in [0.717, 1.165) is 11.4 Å². The van der Waals surface area contributed by atoms with E-state index in [-0.39, 0.29) is 0 Å². The molecule has 0 aliphatic rings. The summed E-state index contributed by atoms with van der Waals surface area (Å²) >= 11 is 1.81. The quantitative estimate of drug-likeness (QED) is 0.654. The number of rotatable bonds is 3. The van der Waals surface area contributed by atoms with Crippen molar-refractivity contribution in [2.24, 2.45) is 7.05 Å². The van der Waals surface area contributed by atoms with Crippen molar-refractivity contribution in [2.45, 2.75) is 17.6 Å². The maximum absolute atomic E-state index is 5.72. The second kappa shape index (κ2) is 4.61. The van der Waals surface area contributed by atoms with E-state index in [1.807, 2.05) is 48.0 Å². The van der Waals surface area contributed by atoms with Crippen molar-refractivity contribution in [3.63, 3.8) is 0 Å². The van der Waals surface area contributed by atoms with Crippen molar-refractivity contribution in [3.8, 4) is 0 Å². The van der Waals surface area contributed by atoms with Gasteiger partial charge >= 0.3 is 0 Å². The van der Waals surface area contributed by atoms with Gasteiger partial charge in [-0.1, -0.05) is 0 Å². The van der Waals surface area contributed by atoms with E-state index in [4.69, 9.17) is 5.73 Å². The first-order valence-electron chi connectivity index (χ1n) is 5.11. The van der Waals surface area contributed by atoms with Gasteiger partial charge in [0.15, 0.2) is 0 Å². The van der Waals surface area contributed by atoms with E-state index in [0.29, 0.717) is 0 Å². The van der Waals surface area contributed by atoms with Crippen LogP contribution in [0.3, 0.4) is 0 Å². The van der Waals surface area contributed by atoms with Gasteiger partial charge in [-0.3, -0.25) is 0 Å². The van der Waals surface area contributed by atoms with Crippen molar-refractivity contribution < 1.29 is 0 Å². The Bertz CT molecular complexity index is 491. The number of anilines is 1. The van der Waals surface area contributed by atoms with Crippen LogP contribution < -0.4 is 5.73 Å². The Balaban J connectivity index is 2.08. The molecule has 0 bridgehead atoms. The lowest BCUT2D eigenvalue weighted by Crippen LogP contribution is -1.93. The smallest absolute Gasteiger partial charge is 0.0945 e. The summed E-state index contributed by atoms with van der Waals surface area (Å²) in [4.78, 5) is 5.37. The molecule has 0 saturated carbocycles. The highest BCUT2D eigenvalue weighted by atomic mass is 32.2. The number of imidazole rings is 1. The van der Waals surface area contributed by atoms with Crippen LogP contribution >= 0.6 is 11.8 Å². The summed E-state index contributed by atoms with van der Waals surface area (Å²) in [6, 6.07) is 6.02. The zero-order chi connectivity index (χ0) is 11.5. The molecule has 2 rings (SSSR count). The van der Waals surface area contributed by atoms with Crippen LogP contribution in [0.25, 0.3) is 0 Å². The van der Waals surface area contributed by atoms with Gasteiger partial charge < -0.3 is 10.3 Å². The number of hydrogen-bond acceptors (Lipinski definition) is 3. The Morgan fingerprint density at radius 2 is 2.25 bits per heavy atom. The molecule has 16 heavy (non-hydrogen) atoms. The van der Waals surface area contributed by atoms with Crippen LogP contribution in [-0.2, 0) is 12.8 Å². The molecule has 0 radical (unpaired) electrons. The summed E-state index contributed by atoms with van der Waals surface area (Å²) in [5, 5.41) is 0. The van der Waals surface area contributed by atoms with Crippen molar-refractivity contribution in [1.29, 1.82) is 0 Å². The zero-order valence-corrected chi connectivity index (χ0v) is 10.3. The number of hydrogen-bond donors (Lipinski definition) is 1. The highest BCUT2D eigenvalue weighted by Crippen LogP contribution is 2.26. The standard InChI is InChI=1S/C12H15N3S/c1-9-5-10(13)3-4-12(9)16-7-11-6-14-8-15(11)2/h3-6,8H,7,13H2,1-2H3. The molecule has 3 nitrogen and oxygen atoms in total. The Hall–Kier alpha value is -1.42. The van der Waals surface area contributed by atoms with Crippen LogP contribution in [0.15, 0.2) is 35.6 Å². The molecule has 1 heterocycles. The largest absolute Gasteiger partial charge is 0.399 e. The first-order chi connectivity index (χ1) is 7.66. The van der Waals surface area contributed by atoms with Crippen LogP contribution in [0.4, 0.5) is 5.69 Å². The lowest BCUT2D eigenvalue weighted by Gasteiger charge is -2.06. The third-order valence-electron chi connectivity index (χ3n) is 2.49. The Morgan fingerprint density at radius 3 is 2.88 bits per heavy atom. The topological polar surface area (TPSA) is 43.8 Å². The molecule has 0 atom stereocenters. The monoisotopic (exact) mass is 233 g/mol. The number of nitrogen functional groups attached to an aromatic ring is 1. The molecular formula is C12H15N3S. The van der Waals surface area contributed by atoms with Gasteiger partial charge in [0.1, 0.15) is 0 Å². The van der Waals surface area contributed by atoms with E-state index >= 15 is 0 Å². The van der Waals surface area contributed by atoms with Crippen molar-refractivity contribution >= 4 is 17.4 Å². The molecule has 2 N–H and O–H groups in total. The summed E-state index contributed by atoms with van der Waals surface area (Å²) in [7, 11) is 2.01. The van der Waals surface area contributed by atoms with Gasteiger partial charge in [-0.05, 0) is 30.7 Å². The molecule has 0 aliphatic heterocycles. The summed E-state index contributed by atoms with van der Waals surface area (Å²) in [5.41, 5.74) is 8.99. The van der Waals surface area contributed by atoms with Crippen molar-refractivity contribution in [3.05, 3.63) is 42.0 Å². The van der Waals surface area contributed by atoms with Crippen LogP contribution in [0, 0.1) is 6.92 Å². The molecule has 4 heteroatoms. The maximum atomic E-state index is 5.72. The highest BCUT2D eigenvalue weighted by Gasteiger charge is 2.02. The van der Waals surface area contributed by atoms with E-state index in [9.17, 15) is 0 Å². The molecule has 0 amide bonds.